The van der Waals surface area contributed by atoms with Crippen LogP contribution in [0.2, 0.25) is 0 Å². The Morgan fingerprint density at radius 1 is 1.38 bits per heavy atom. The Hall–Kier alpha value is -1.30. The van der Waals surface area contributed by atoms with Gasteiger partial charge in [-0.15, -0.1) is 0 Å². The van der Waals surface area contributed by atoms with E-state index in [0.29, 0.717) is 0 Å². The summed E-state index contributed by atoms with van der Waals surface area (Å²) in [6.45, 7) is 0. The van der Waals surface area contributed by atoms with Crippen molar-refractivity contribution in [3.63, 3.8) is 0 Å². The molecule has 2 rings (SSSR count). The van der Waals surface area contributed by atoms with Crippen LogP contribution in [0.1, 0.15) is 15.9 Å². The van der Waals surface area contributed by atoms with Crippen LogP contribution in [0.3, 0.4) is 0 Å². The quantitative estimate of drug-likeness (QED) is 0.702. The number of fused-ring (bicyclic) bond motifs is 1. The van der Waals surface area contributed by atoms with Crippen LogP contribution in [0.15, 0.2) is 17.0 Å². The second kappa shape index (κ2) is 3.35. The minimum Gasteiger partial charge on any atom is -0.291 e. The van der Waals surface area contributed by atoms with Gasteiger partial charge in [-0.3, -0.25) is 4.79 Å². The van der Waals surface area contributed by atoms with Gasteiger partial charge in [-0.1, -0.05) is 0 Å². The Bertz CT molecular complexity index is 578. The zero-order valence-corrected chi connectivity index (χ0v) is 9.14. The molecule has 3 nitrogen and oxygen atoms in total. The number of hydrogen-bond acceptors (Lipinski definition) is 3. The standard InChI is InChI=1S/C10H8F2O3S/c1-16(14,15)8-3-2-6(11)5-4-7(12)10(13)9(5)8/h2-3,7H,4H2,1H3. The molecule has 0 aromatic heterocycles. The third-order valence-corrected chi connectivity index (χ3v) is 3.67. The van der Waals surface area contributed by atoms with Crippen molar-refractivity contribution in [1.82, 2.24) is 0 Å². The number of sulfone groups is 1. The van der Waals surface area contributed by atoms with Crippen molar-refractivity contribution < 1.29 is 22.0 Å². The SMILES string of the molecule is CS(=O)(=O)c1ccc(F)c2c1C(=O)C(F)C2. The molecule has 0 amide bonds. The van der Waals surface area contributed by atoms with Crippen molar-refractivity contribution >= 4 is 15.6 Å². The highest BCUT2D eigenvalue weighted by Crippen LogP contribution is 2.31. The molecule has 16 heavy (non-hydrogen) atoms. The fraction of sp³-hybridized carbons (Fsp3) is 0.300. The predicted molar refractivity (Wildman–Crippen MR) is 52.4 cm³/mol. The number of rotatable bonds is 1. The Kier molecular flexibility index (Phi) is 2.34. The lowest BCUT2D eigenvalue weighted by Gasteiger charge is -2.05. The fourth-order valence-electron chi connectivity index (χ4n) is 1.81. The number of halogens is 2. The maximum absolute atomic E-state index is 13.3. The molecule has 1 aliphatic rings. The van der Waals surface area contributed by atoms with Crippen molar-refractivity contribution in [3.8, 4) is 0 Å². The average Bonchev–Trinajstić information content (AvgIpc) is 2.44. The highest BCUT2D eigenvalue weighted by atomic mass is 32.2. The Labute approximate surface area is 91.0 Å². The minimum absolute atomic E-state index is 0.138. The number of benzene rings is 1. The van der Waals surface area contributed by atoms with Gasteiger partial charge in [0.15, 0.2) is 21.8 Å². The van der Waals surface area contributed by atoms with E-state index in [1.54, 1.807) is 0 Å². The van der Waals surface area contributed by atoms with Crippen molar-refractivity contribution in [2.75, 3.05) is 6.26 Å². The first-order valence-corrected chi connectivity index (χ1v) is 6.41. The second-order valence-corrected chi connectivity index (χ2v) is 5.69. The summed E-state index contributed by atoms with van der Waals surface area (Å²) in [7, 11) is -3.66. The molecule has 86 valence electrons. The molecule has 0 radical (unpaired) electrons. The van der Waals surface area contributed by atoms with Crippen LogP contribution >= 0.6 is 0 Å². The molecular weight excluding hydrogens is 238 g/mol. The van der Waals surface area contributed by atoms with Gasteiger partial charge in [0.25, 0.3) is 0 Å². The van der Waals surface area contributed by atoms with Crippen LogP contribution in [0, 0.1) is 5.82 Å². The topological polar surface area (TPSA) is 51.2 Å². The van der Waals surface area contributed by atoms with Gasteiger partial charge < -0.3 is 0 Å². The zero-order valence-electron chi connectivity index (χ0n) is 8.33. The van der Waals surface area contributed by atoms with E-state index in [1.165, 1.54) is 0 Å². The monoisotopic (exact) mass is 246 g/mol. The molecule has 1 aliphatic carbocycles. The fourth-order valence-corrected chi connectivity index (χ4v) is 2.72. The summed E-state index contributed by atoms with van der Waals surface area (Å²) >= 11 is 0. The molecular formula is C10H8F2O3S. The molecule has 0 spiro atoms. The van der Waals surface area contributed by atoms with Gasteiger partial charge >= 0.3 is 0 Å². The van der Waals surface area contributed by atoms with E-state index in [-0.39, 0.29) is 22.4 Å². The number of carbonyl (C=O) groups excluding carboxylic acids is 1. The van der Waals surface area contributed by atoms with Gasteiger partial charge in [0.2, 0.25) is 0 Å². The van der Waals surface area contributed by atoms with Crippen molar-refractivity contribution in [2.24, 2.45) is 0 Å². The van der Waals surface area contributed by atoms with E-state index in [4.69, 9.17) is 0 Å². The Morgan fingerprint density at radius 3 is 2.56 bits per heavy atom. The largest absolute Gasteiger partial charge is 0.291 e. The lowest BCUT2D eigenvalue weighted by atomic mass is 10.1. The number of hydrogen-bond donors (Lipinski definition) is 0. The van der Waals surface area contributed by atoms with E-state index in [2.05, 4.69) is 0 Å². The third kappa shape index (κ3) is 1.53. The number of Topliss-reactive ketones (excluding diaryl/α,β-unsaturated/α-hetero) is 1. The molecule has 1 aromatic rings. The van der Waals surface area contributed by atoms with E-state index in [0.717, 1.165) is 18.4 Å². The van der Waals surface area contributed by atoms with Crippen molar-refractivity contribution in [2.45, 2.75) is 17.5 Å². The summed E-state index contributed by atoms with van der Waals surface area (Å²) in [6.07, 6.45) is -1.32. The van der Waals surface area contributed by atoms with Gasteiger partial charge in [0.05, 0.1) is 4.90 Å². The van der Waals surface area contributed by atoms with E-state index in [9.17, 15) is 22.0 Å². The summed E-state index contributed by atoms with van der Waals surface area (Å²) in [5, 5.41) is 0. The smallest absolute Gasteiger partial charge is 0.198 e. The van der Waals surface area contributed by atoms with Crippen LogP contribution in [0.4, 0.5) is 8.78 Å². The van der Waals surface area contributed by atoms with Crippen LogP contribution in [-0.2, 0) is 16.3 Å². The van der Waals surface area contributed by atoms with Gasteiger partial charge in [-0.25, -0.2) is 17.2 Å². The summed E-state index contributed by atoms with van der Waals surface area (Å²) in [5.41, 5.74) is -0.463. The lowest BCUT2D eigenvalue weighted by Crippen LogP contribution is -2.12. The maximum atomic E-state index is 13.3. The maximum Gasteiger partial charge on any atom is 0.198 e. The van der Waals surface area contributed by atoms with E-state index < -0.39 is 27.6 Å². The second-order valence-electron chi connectivity index (χ2n) is 3.71. The van der Waals surface area contributed by atoms with E-state index in [1.807, 2.05) is 0 Å². The molecule has 0 heterocycles. The molecule has 0 saturated heterocycles. The molecule has 1 aromatic carbocycles. The molecule has 0 bridgehead atoms. The highest BCUT2D eigenvalue weighted by Gasteiger charge is 2.36. The van der Waals surface area contributed by atoms with Crippen LogP contribution in [0.5, 0.6) is 0 Å². The summed E-state index contributed by atoms with van der Waals surface area (Å²) in [6, 6.07) is 1.94. The first kappa shape index (κ1) is 11.2. The van der Waals surface area contributed by atoms with Gasteiger partial charge in [-0.2, -0.15) is 0 Å². The molecule has 0 saturated carbocycles. The first-order chi connectivity index (χ1) is 7.32. The lowest BCUT2D eigenvalue weighted by molar-refractivity contribution is 0.0896. The predicted octanol–water partition coefficient (Wildman–Crippen LogP) is 1.31. The van der Waals surface area contributed by atoms with Crippen molar-refractivity contribution in [3.05, 3.63) is 29.1 Å². The Balaban J connectivity index is 2.80. The number of carbonyl (C=O) groups is 1. The van der Waals surface area contributed by atoms with Gasteiger partial charge in [0.1, 0.15) is 5.82 Å². The van der Waals surface area contributed by atoms with Crippen molar-refractivity contribution in [1.29, 1.82) is 0 Å². The number of ketones is 1. The molecule has 1 atom stereocenters. The van der Waals surface area contributed by atoms with Crippen LogP contribution in [0.25, 0.3) is 0 Å². The minimum atomic E-state index is -3.66. The molecule has 0 N–H and O–H groups in total. The third-order valence-electron chi connectivity index (χ3n) is 2.53. The average molecular weight is 246 g/mol. The van der Waals surface area contributed by atoms with E-state index >= 15 is 0 Å². The summed E-state index contributed by atoms with van der Waals surface area (Å²) in [4.78, 5) is 11.1. The van der Waals surface area contributed by atoms with Gasteiger partial charge in [-0.05, 0) is 12.1 Å². The van der Waals surface area contributed by atoms with Crippen LogP contribution in [-0.4, -0.2) is 26.6 Å². The molecule has 6 heteroatoms. The molecule has 0 aliphatic heterocycles. The molecule has 0 fully saturated rings. The summed E-state index contributed by atoms with van der Waals surface area (Å²) < 4.78 is 49.2. The number of alkyl halides is 1. The van der Waals surface area contributed by atoms with Crippen LogP contribution < -0.4 is 0 Å². The normalized spacial score (nSPS) is 19.9. The molecule has 1 unspecified atom stereocenters. The Morgan fingerprint density at radius 2 is 2.00 bits per heavy atom. The van der Waals surface area contributed by atoms with Gasteiger partial charge in [0, 0.05) is 23.8 Å². The summed E-state index contributed by atoms with van der Waals surface area (Å²) in [5.74, 6) is -1.69. The first-order valence-electron chi connectivity index (χ1n) is 4.52. The highest BCUT2D eigenvalue weighted by molar-refractivity contribution is 7.90. The zero-order chi connectivity index (χ0) is 12.1.